The fourth-order valence-corrected chi connectivity index (χ4v) is 4.92. The van der Waals surface area contributed by atoms with E-state index in [0.29, 0.717) is 51.0 Å². The molecule has 0 N–H and O–H groups in total. The third-order valence-corrected chi connectivity index (χ3v) is 6.48. The summed E-state index contributed by atoms with van der Waals surface area (Å²) in [5, 5.41) is 3.93. The van der Waals surface area contributed by atoms with E-state index in [9.17, 15) is 21.6 Å². The van der Waals surface area contributed by atoms with Gasteiger partial charge in [-0.1, -0.05) is 11.6 Å². The third kappa shape index (κ3) is 2.47. The van der Waals surface area contributed by atoms with E-state index in [-0.39, 0.29) is 5.56 Å². The second kappa shape index (κ2) is 5.83. The van der Waals surface area contributed by atoms with E-state index < -0.39 is 32.8 Å². The predicted octanol–water partition coefficient (Wildman–Crippen LogP) is 2.79. The number of halogens is 3. The first-order chi connectivity index (χ1) is 12.2. The molecule has 0 amide bonds. The molecule has 7 nitrogen and oxygen atoms in total. The molecule has 3 aliphatic rings. The van der Waals surface area contributed by atoms with Crippen molar-refractivity contribution in [3.8, 4) is 5.95 Å². The lowest BCUT2D eigenvalue weighted by Gasteiger charge is -2.50. The molecule has 1 aromatic rings. The zero-order valence-electron chi connectivity index (χ0n) is 13.8. The maximum atomic E-state index is 12.6. The molecule has 2 aliphatic carbocycles. The molecule has 2 spiro atoms. The highest BCUT2D eigenvalue weighted by atomic mass is 32.2. The minimum Gasteiger partial charge on any atom is -0.347 e. The first kappa shape index (κ1) is 18.1. The lowest BCUT2D eigenvalue weighted by Crippen LogP contribution is -2.56. The zero-order valence-corrected chi connectivity index (χ0v) is 14.6. The lowest BCUT2D eigenvalue weighted by atomic mass is 9.61. The van der Waals surface area contributed by atoms with Crippen LogP contribution in [0.15, 0.2) is 4.52 Å². The lowest BCUT2D eigenvalue weighted by molar-refractivity contribution is -0.231. The molecule has 26 heavy (non-hydrogen) atoms. The van der Waals surface area contributed by atoms with Crippen molar-refractivity contribution in [1.29, 1.82) is 0 Å². The normalized spacial score (nSPS) is 28.4. The van der Waals surface area contributed by atoms with Crippen LogP contribution < -0.4 is 4.18 Å². The van der Waals surface area contributed by atoms with Gasteiger partial charge in [0.25, 0.3) is 0 Å². The van der Waals surface area contributed by atoms with Crippen LogP contribution in [-0.4, -0.2) is 38.1 Å². The number of hydrogen-bond donors (Lipinski definition) is 0. The minimum atomic E-state index is -5.82. The molecule has 1 aliphatic heterocycles. The topological polar surface area (TPSA) is 87.9 Å². The van der Waals surface area contributed by atoms with E-state index >= 15 is 0 Å². The minimum absolute atomic E-state index is 0.254. The molecule has 146 valence electrons. The highest BCUT2D eigenvalue weighted by Crippen LogP contribution is 2.57. The molecule has 1 saturated heterocycles. The molecule has 2 heterocycles. The van der Waals surface area contributed by atoms with E-state index in [0.717, 1.165) is 12.8 Å². The quantitative estimate of drug-likeness (QED) is 0.560. The smallest absolute Gasteiger partial charge is 0.347 e. The molecule has 0 radical (unpaired) electrons. The standard InChI is InChI=1S/C15H18F3NO6S/c16-15(17,18)26(20,21)25-12-10-4-3-6-13(11(10)19-24-12)5-1-2-7-14(13)22-8-9-23-14/h1-9H2/t13-/m0/s1. The van der Waals surface area contributed by atoms with Crippen LogP contribution in [0.5, 0.6) is 5.95 Å². The molecule has 0 aromatic carbocycles. The van der Waals surface area contributed by atoms with Gasteiger partial charge in [-0.15, -0.1) is 0 Å². The van der Waals surface area contributed by atoms with Gasteiger partial charge >= 0.3 is 21.6 Å². The summed E-state index contributed by atoms with van der Waals surface area (Å²) in [4.78, 5) is 0. The second-order valence-corrected chi connectivity index (χ2v) is 8.41. The van der Waals surface area contributed by atoms with Gasteiger partial charge in [-0.2, -0.15) is 21.6 Å². The van der Waals surface area contributed by atoms with Gasteiger partial charge in [0.05, 0.1) is 24.2 Å². The van der Waals surface area contributed by atoms with E-state index in [1.807, 2.05) is 0 Å². The summed E-state index contributed by atoms with van der Waals surface area (Å²) < 4.78 is 81.6. The van der Waals surface area contributed by atoms with Gasteiger partial charge in [-0.3, -0.25) is 0 Å². The van der Waals surface area contributed by atoms with Gasteiger partial charge in [0.2, 0.25) is 0 Å². The van der Waals surface area contributed by atoms with Crippen LogP contribution in [0.25, 0.3) is 0 Å². The van der Waals surface area contributed by atoms with Crippen molar-refractivity contribution in [1.82, 2.24) is 5.16 Å². The number of nitrogens with zero attached hydrogens (tertiary/aromatic N) is 1. The maximum absolute atomic E-state index is 12.6. The Labute approximate surface area is 147 Å². The second-order valence-electron chi connectivity index (χ2n) is 6.87. The molecule has 1 saturated carbocycles. The van der Waals surface area contributed by atoms with Gasteiger partial charge < -0.3 is 18.2 Å². The Balaban J connectivity index is 1.76. The van der Waals surface area contributed by atoms with Gasteiger partial charge in [0, 0.05) is 6.42 Å². The average molecular weight is 397 g/mol. The van der Waals surface area contributed by atoms with Gasteiger partial charge in [0.1, 0.15) is 5.69 Å². The number of rotatable bonds is 2. The van der Waals surface area contributed by atoms with E-state index in [1.54, 1.807) is 0 Å². The summed E-state index contributed by atoms with van der Waals surface area (Å²) in [6.07, 6.45) is 4.73. The molecule has 0 bridgehead atoms. The highest BCUT2D eigenvalue weighted by Gasteiger charge is 2.61. The summed E-state index contributed by atoms with van der Waals surface area (Å²) in [6, 6.07) is 0. The third-order valence-electron chi connectivity index (χ3n) is 5.55. The number of alkyl halides is 3. The van der Waals surface area contributed by atoms with Crippen molar-refractivity contribution in [3.63, 3.8) is 0 Å². The molecule has 1 aromatic heterocycles. The Kier molecular flexibility index (Phi) is 4.05. The molecular formula is C15H18F3NO6S. The summed E-state index contributed by atoms with van der Waals surface area (Å²) in [5.41, 5.74) is -5.55. The summed E-state index contributed by atoms with van der Waals surface area (Å²) in [6.45, 7) is 0.863. The largest absolute Gasteiger partial charge is 0.534 e. The molecule has 11 heteroatoms. The monoisotopic (exact) mass is 397 g/mol. The van der Waals surface area contributed by atoms with Crippen LogP contribution in [0.2, 0.25) is 0 Å². The van der Waals surface area contributed by atoms with Crippen molar-refractivity contribution in [2.45, 2.75) is 61.7 Å². The predicted molar refractivity (Wildman–Crippen MR) is 79.8 cm³/mol. The van der Waals surface area contributed by atoms with Crippen LogP contribution in [0.3, 0.4) is 0 Å². The summed E-state index contributed by atoms with van der Waals surface area (Å²) in [7, 11) is -5.82. The average Bonchev–Trinajstić information content (AvgIpc) is 3.19. The Morgan fingerprint density at radius 1 is 1.04 bits per heavy atom. The van der Waals surface area contributed by atoms with E-state index in [2.05, 4.69) is 9.34 Å². The van der Waals surface area contributed by atoms with Crippen molar-refractivity contribution in [2.75, 3.05) is 13.2 Å². The van der Waals surface area contributed by atoms with Gasteiger partial charge in [0.15, 0.2) is 5.79 Å². The number of ether oxygens (including phenoxy) is 2. The van der Waals surface area contributed by atoms with Crippen molar-refractivity contribution in [3.05, 3.63) is 11.3 Å². The van der Waals surface area contributed by atoms with Crippen LogP contribution in [0.1, 0.15) is 49.8 Å². The first-order valence-electron chi connectivity index (χ1n) is 8.49. The Bertz CT molecular complexity index is 799. The van der Waals surface area contributed by atoms with Crippen LogP contribution in [0.4, 0.5) is 13.2 Å². The van der Waals surface area contributed by atoms with E-state index in [4.69, 9.17) is 14.0 Å². The van der Waals surface area contributed by atoms with Gasteiger partial charge in [-0.05, 0) is 32.1 Å². The Hall–Kier alpha value is -1.33. The number of fused-ring (bicyclic) bond motifs is 3. The van der Waals surface area contributed by atoms with Crippen molar-refractivity contribution >= 4 is 10.1 Å². The van der Waals surface area contributed by atoms with Gasteiger partial charge in [-0.25, -0.2) is 0 Å². The Morgan fingerprint density at radius 2 is 1.69 bits per heavy atom. The SMILES string of the molecule is O=S(=O)(Oc1onc2c1CCC[C@@]21CCCCC12OCCO2)C(F)(F)F. The molecule has 0 unspecified atom stereocenters. The molecule has 2 fully saturated rings. The first-order valence-corrected chi connectivity index (χ1v) is 9.89. The van der Waals surface area contributed by atoms with Crippen molar-refractivity contribution in [2.24, 2.45) is 0 Å². The van der Waals surface area contributed by atoms with E-state index in [1.165, 1.54) is 0 Å². The number of hydrogen-bond acceptors (Lipinski definition) is 7. The fraction of sp³-hybridized carbons (Fsp3) is 0.800. The molecular weight excluding hydrogens is 379 g/mol. The van der Waals surface area contributed by atoms with Crippen molar-refractivity contribution < 1.29 is 39.8 Å². The summed E-state index contributed by atoms with van der Waals surface area (Å²) in [5.74, 6) is -1.60. The van der Waals surface area contributed by atoms with Crippen LogP contribution >= 0.6 is 0 Å². The summed E-state index contributed by atoms with van der Waals surface area (Å²) >= 11 is 0. The fourth-order valence-electron chi connectivity index (χ4n) is 4.49. The zero-order chi connectivity index (χ0) is 18.6. The maximum Gasteiger partial charge on any atom is 0.534 e. The Morgan fingerprint density at radius 3 is 2.38 bits per heavy atom. The molecule has 1 atom stereocenters. The van der Waals surface area contributed by atoms with Crippen LogP contribution in [-0.2, 0) is 31.4 Å². The highest BCUT2D eigenvalue weighted by molar-refractivity contribution is 7.87. The van der Waals surface area contributed by atoms with Crippen LogP contribution in [0, 0.1) is 0 Å². The molecule has 4 rings (SSSR count). The number of aromatic nitrogens is 1.